The van der Waals surface area contributed by atoms with Gasteiger partial charge in [-0.15, -0.1) is 0 Å². The smallest absolute Gasteiger partial charge is 0.416 e. The van der Waals surface area contributed by atoms with E-state index in [-0.39, 0.29) is 0 Å². The zero-order valence-corrected chi connectivity index (χ0v) is 11.2. The third-order valence-electron chi connectivity index (χ3n) is 2.25. The van der Waals surface area contributed by atoms with Crippen LogP contribution in [0.4, 0.5) is 24.5 Å². The maximum absolute atomic E-state index is 12.5. The van der Waals surface area contributed by atoms with E-state index in [4.69, 9.17) is 9.90 Å². The van der Waals surface area contributed by atoms with Gasteiger partial charge >= 0.3 is 6.18 Å². The first-order chi connectivity index (χ1) is 9.79. The second-order valence-corrected chi connectivity index (χ2v) is 4.09. The van der Waals surface area contributed by atoms with Gasteiger partial charge in [-0.3, -0.25) is 4.79 Å². The number of aliphatic carboxylic acids is 1. The first kappa shape index (κ1) is 16.6. The highest BCUT2D eigenvalue weighted by Crippen LogP contribution is 2.31. The van der Waals surface area contributed by atoms with Gasteiger partial charge < -0.3 is 10.4 Å². The normalized spacial score (nSPS) is 10.3. The molecule has 0 amide bonds. The third kappa shape index (κ3) is 6.47. The lowest BCUT2D eigenvalue weighted by Gasteiger charge is -2.10. The maximum atomic E-state index is 12.5. The molecule has 2 aromatic carbocycles. The van der Waals surface area contributed by atoms with E-state index in [0.717, 1.165) is 24.7 Å². The van der Waals surface area contributed by atoms with Crippen molar-refractivity contribution in [2.75, 3.05) is 5.32 Å². The summed E-state index contributed by atoms with van der Waals surface area (Å²) in [6, 6.07) is 14.2. The minimum absolute atomic E-state index is 0.422. The van der Waals surface area contributed by atoms with Crippen LogP contribution in [0.25, 0.3) is 0 Å². The van der Waals surface area contributed by atoms with E-state index in [1.165, 1.54) is 6.07 Å². The fourth-order valence-electron chi connectivity index (χ4n) is 1.46. The molecule has 0 heterocycles. The topological polar surface area (TPSA) is 49.3 Å². The van der Waals surface area contributed by atoms with Crippen LogP contribution in [0.2, 0.25) is 0 Å². The van der Waals surface area contributed by atoms with Crippen molar-refractivity contribution in [3.63, 3.8) is 0 Å². The molecule has 0 saturated carbocycles. The van der Waals surface area contributed by atoms with E-state index in [9.17, 15) is 13.2 Å². The lowest BCUT2D eigenvalue weighted by molar-refractivity contribution is -0.137. The summed E-state index contributed by atoms with van der Waals surface area (Å²) >= 11 is 0. The zero-order valence-electron chi connectivity index (χ0n) is 11.2. The number of halogens is 3. The van der Waals surface area contributed by atoms with Crippen LogP contribution in [0.1, 0.15) is 12.5 Å². The Balaban J connectivity index is 0.000000491. The number of rotatable bonds is 2. The van der Waals surface area contributed by atoms with Crippen molar-refractivity contribution in [3.05, 3.63) is 60.2 Å². The molecule has 6 heteroatoms. The van der Waals surface area contributed by atoms with Gasteiger partial charge in [-0.1, -0.05) is 24.3 Å². The van der Waals surface area contributed by atoms with Crippen molar-refractivity contribution in [2.24, 2.45) is 0 Å². The number of benzene rings is 2. The Morgan fingerprint density at radius 3 is 2.05 bits per heavy atom. The monoisotopic (exact) mass is 297 g/mol. The number of anilines is 2. The molecule has 112 valence electrons. The van der Waals surface area contributed by atoms with Crippen LogP contribution in [0.15, 0.2) is 54.6 Å². The number of nitrogens with one attached hydrogen (secondary N) is 1. The average Bonchev–Trinajstić information content (AvgIpc) is 2.38. The van der Waals surface area contributed by atoms with Crippen molar-refractivity contribution < 1.29 is 23.1 Å². The first-order valence-corrected chi connectivity index (χ1v) is 5.98. The number of hydrogen-bond acceptors (Lipinski definition) is 2. The van der Waals surface area contributed by atoms with Gasteiger partial charge in [0, 0.05) is 18.3 Å². The van der Waals surface area contributed by atoms with Crippen molar-refractivity contribution >= 4 is 17.3 Å². The number of alkyl halides is 3. The Morgan fingerprint density at radius 1 is 1.00 bits per heavy atom. The Morgan fingerprint density at radius 2 is 1.52 bits per heavy atom. The van der Waals surface area contributed by atoms with Gasteiger partial charge in [0.05, 0.1) is 5.56 Å². The molecule has 3 nitrogen and oxygen atoms in total. The number of carbonyl (C=O) groups is 1. The average molecular weight is 297 g/mol. The van der Waals surface area contributed by atoms with Gasteiger partial charge in [-0.25, -0.2) is 0 Å². The summed E-state index contributed by atoms with van der Waals surface area (Å²) < 4.78 is 37.4. The summed E-state index contributed by atoms with van der Waals surface area (Å²) in [5, 5.41) is 10.3. The molecule has 0 fully saturated rings. The number of carboxylic acid groups (broad SMARTS) is 1. The van der Waals surface area contributed by atoms with Crippen molar-refractivity contribution in [1.29, 1.82) is 0 Å². The van der Waals surface area contributed by atoms with Crippen LogP contribution in [-0.4, -0.2) is 11.1 Å². The van der Waals surface area contributed by atoms with E-state index < -0.39 is 17.7 Å². The molecule has 0 saturated heterocycles. The Bertz CT molecular complexity index is 579. The largest absolute Gasteiger partial charge is 0.481 e. The number of para-hydroxylation sites is 1. The fraction of sp³-hybridized carbons (Fsp3) is 0.133. The molecule has 0 spiro atoms. The van der Waals surface area contributed by atoms with E-state index in [0.29, 0.717) is 5.69 Å². The summed E-state index contributed by atoms with van der Waals surface area (Å²) in [6.45, 7) is 1.08. The van der Waals surface area contributed by atoms with E-state index >= 15 is 0 Å². The van der Waals surface area contributed by atoms with Gasteiger partial charge in [0.15, 0.2) is 0 Å². The van der Waals surface area contributed by atoms with Gasteiger partial charge in [-0.2, -0.15) is 13.2 Å². The van der Waals surface area contributed by atoms with Crippen LogP contribution < -0.4 is 5.32 Å². The SMILES string of the molecule is CC(=O)O.FC(F)(F)c1cccc(Nc2ccccc2)c1. The molecule has 21 heavy (non-hydrogen) atoms. The second kappa shape index (κ2) is 7.33. The molecule has 0 radical (unpaired) electrons. The summed E-state index contributed by atoms with van der Waals surface area (Å²) in [6.07, 6.45) is -4.31. The summed E-state index contributed by atoms with van der Waals surface area (Å²) in [4.78, 5) is 9.00. The number of hydrogen-bond donors (Lipinski definition) is 2. The molecule has 0 aliphatic carbocycles. The van der Waals surface area contributed by atoms with Gasteiger partial charge in [0.1, 0.15) is 0 Å². The molecule has 0 unspecified atom stereocenters. The standard InChI is InChI=1S/C13H10F3N.C2H4O2/c14-13(15,16)10-5-4-8-12(9-10)17-11-6-2-1-3-7-11;1-2(3)4/h1-9,17H;1H3,(H,3,4). The fourth-order valence-corrected chi connectivity index (χ4v) is 1.46. The van der Waals surface area contributed by atoms with Gasteiger partial charge in [0.25, 0.3) is 5.97 Å². The lowest BCUT2D eigenvalue weighted by Crippen LogP contribution is -2.05. The molecule has 2 aromatic rings. The minimum Gasteiger partial charge on any atom is -0.481 e. The molecular weight excluding hydrogens is 283 g/mol. The highest BCUT2D eigenvalue weighted by atomic mass is 19.4. The lowest BCUT2D eigenvalue weighted by atomic mass is 10.2. The molecule has 2 rings (SSSR count). The van der Waals surface area contributed by atoms with Gasteiger partial charge in [0.2, 0.25) is 0 Å². The molecule has 0 aliphatic heterocycles. The molecular formula is C15H14F3NO2. The second-order valence-electron chi connectivity index (χ2n) is 4.09. The van der Waals surface area contributed by atoms with Crippen molar-refractivity contribution in [3.8, 4) is 0 Å². The highest BCUT2D eigenvalue weighted by molar-refractivity contribution is 5.63. The summed E-state index contributed by atoms with van der Waals surface area (Å²) in [7, 11) is 0. The predicted octanol–water partition coefficient (Wildman–Crippen LogP) is 4.54. The number of carboxylic acids is 1. The zero-order chi connectivity index (χ0) is 15.9. The summed E-state index contributed by atoms with van der Waals surface area (Å²) in [5.74, 6) is -0.833. The van der Waals surface area contributed by atoms with Crippen molar-refractivity contribution in [2.45, 2.75) is 13.1 Å². The molecule has 0 aliphatic rings. The van der Waals surface area contributed by atoms with E-state index in [1.54, 1.807) is 18.2 Å². The van der Waals surface area contributed by atoms with Crippen molar-refractivity contribution in [1.82, 2.24) is 0 Å². The quantitative estimate of drug-likeness (QED) is 0.855. The molecule has 0 aromatic heterocycles. The minimum atomic E-state index is -4.31. The Kier molecular flexibility index (Phi) is 5.78. The van der Waals surface area contributed by atoms with E-state index in [2.05, 4.69) is 5.32 Å². The predicted molar refractivity (Wildman–Crippen MR) is 74.5 cm³/mol. The third-order valence-corrected chi connectivity index (χ3v) is 2.25. The first-order valence-electron chi connectivity index (χ1n) is 5.98. The van der Waals surface area contributed by atoms with Crippen LogP contribution in [-0.2, 0) is 11.0 Å². The Hall–Kier alpha value is -2.50. The molecule has 0 atom stereocenters. The van der Waals surface area contributed by atoms with Crippen LogP contribution >= 0.6 is 0 Å². The maximum Gasteiger partial charge on any atom is 0.416 e. The Labute approximate surface area is 120 Å². The van der Waals surface area contributed by atoms with E-state index in [1.807, 2.05) is 18.2 Å². The molecule has 0 bridgehead atoms. The summed E-state index contributed by atoms with van der Waals surface area (Å²) in [5.41, 5.74) is 0.524. The van der Waals surface area contributed by atoms with Crippen LogP contribution in [0, 0.1) is 0 Å². The molecule has 2 N–H and O–H groups in total. The van der Waals surface area contributed by atoms with Gasteiger partial charge in [-0.05, 0) is 30.3 Å². The van der Waals surface area contributed by atoms with Crippen LogP contribution in [0.3, 0.4) is 0 Å². The highest BCUT2D eigenvalue weighted by Gasteiger charge is 2.30. The van der Waals surface area contributed by atoms with Crippen LogP contribution in [0.5, 0.6) is 0 Å².